The number of hydrogen-bond donors (Lipinski definition) is 1. The number of thioether (sulfide) groups is 1. The number of rotatable bonds is 6. The van der Waals surface area contributed by atoms with Crippen molar-refractivity contribution in [3.05, 3.63) is 0 Å². The van der Waals surface area contributed by atoms with E-state index in [9.17, 15) is 0 Å². The normalized spacial score (nSPS) is 32.4. The van der Waals surface area contributed by atoms with Crippen molar-refractivity contribution in [1.29, 1.82) is 0 Å². The molecule has 0 aliphatic heterocycles. The van der Waals surface area contributed by atoms with Gasteiger partial charge >= 0.3 is 0 Å². The Morgan fingerprint density at radius 1 is 1.50 bits per heavy atom. The molecule has 0 heterocycles. The summed E-state index contributed by atoms with van der Waals surface area (Å²) in [5.41, 5.74) is 6.49. The summed E-state index contributed by atoms with van der Waals surface area (Å²) < 4.78 is 0. The van der Waals surface area contributed by atoms with Crippen LogP contribution < -0.4 is 5.73 Å². The second-order valence-corrected chi connectivity index (χ2v) is 5.80. The Labute approximate surface area is 93.2 Å². The van der Waals surface area contributed by atoms with Gasteiger partial charge in [0.05, 0.1) is 0 Å². The Morgan fingerprint density at radius 3 is 2.79 bits per heavy atom. The minimum atomic E-state index is 0.524. The number of nitrogens with two attached hydrogens (primary N) is 1. The van der Waals surface area contributed by atoms with Gasteiger partial charge in [-0.1, -0.05) is 13.3 Å². The molecule has 14 heavy (non-hydrogen) atoms. The molecule has 2 heteroatoms. The quantitative estimate of drug-likeness (QED) is 0.688. The molecule has 0 aromatic heterocycles. The Balaban J connectivity index is 2.35. The number of hydrogen-bond acceptors (Lipinski definition) is 2. The zero-order valence-electron chi connectivity index (χ0n) is 9.72. The highest BCUT2D eigenvalue weighted by molar-refractivity contribution is 7.98. The second-order valence-electron chi connectivity index (χ2n) is 4.82. The molecule has 1 aliphatic carbocycles. The van der Waals surface area contributed by atoms with Gasteiger partial charge in [-0.3, -0.25) is 0 Å². The van der Waals surface area contributed by atoms with Crippen LogP contribution in [0.25, 0.3) is 0 Å². The van der Waals surface area contributed by atoms with Crippen molar-refractivity contribution in [1.82, 2.24) is 0 Å². The molecular weight excluding hydrogens is 190 g/mol. The standard InChI is InChI=1S/C12H25NS/c1-3-11-5-7-12(9-11,10-13)6-4-8-14-2/h11H,3-10,13H2,1-2H3. The lowest BCUT2D eigenvalue weighted by Gasteiger charge is -2.27. The first-order chi connectivity index (χ1) is 6.76. The van der Waals surface area contributed by atoms with Crippen LogP contribution in [0.1, 0.15) is 45.4 Å². The van der Waals surface area contributed by atoms with E-state index < -0.39 is 0 Å². The molecule has 1 saturated carbocycles. The molecule has 84 valence electrons. The summed E-state index contributed by atoms with van der Waals surface area (Å²) in [7, 11) is 0. The van der Waals surface area contributed by atoms with Crippen molar-refractivity contribution in [2.24, 2.45) is 17.1 Å². The monoisotopic (exact) mass is 215 g/mol. The molecule has 0 saturated heterocycles. The van der Waals surface area contributed by atoms with Crippen molar-refractivity contribution in [2.75, 3.05) is 18.6 Å². The Kier molecular flexibility index (Phi) is 5.32. The fraction of sp³-hybridized carbons (Fsp3) is 1.00. The Bertz CT molecular complexity index is 160. The van der Waals surface area contributed by atoms with Crippen molar-refractivity contribution >= 4 is 11.8 Å². The largest absolute Gasteiger partial charge is 0.330 e. The molecule has 0 bridgehead atoms. The van der Waals surface area contributed by atoms with Crippen LogP contribution in [0.3, 0.4) is 0 Å². The molecule has 2 N–H and O–H groups in total. The van der Waals surface area contributed by atoms with Crippen LogP contribution in [0, 0.1) is 11.3 Å². The van der Waals surface area contributed by atoms with Crippen molar-refractivity contribution in [2.45, 2.75) is 45.4 Å². The second kappa shape index (κ2) is 6.02. The average Bonchev–Trinajstić information content (AvgIpc) is 2.63. The van der Waals surface area contributed by atoms with Gasteiger partial charge in [0.15, 0.2) is 0 Å². The summed E-state index contributed by atoms with van der Waals surface area (Å²) in [5.74, 6) is 2.27. The molecule has 1 aliphatic rings. The van der Waals surface area contributed by atoms with E-state index in [4.69, 9.17) is 5.73 Å². The molecular formula is C12H25NS. The van der Waals surface area contributed by atoms with E-state index in [0.717, 1.165) is 12.5 Å². The smallest absolute Gasteiger partial charge is 0.00204 e. The fourth-order valence-corrected chi connectivity index (χ4v) is 3.21. The van der Waals surface area contributed by atoms with Gasteiger partial charge in [-0.05, 0) is 62.0 Å². The van der Waals surface area contributed by atoms with Gasteiger partial charge in [-0.2, -0.15) is 11.8 Å². The molecule has 1 nitrogen and oxygen atoms in total. The highest BCUT2D eigenvalue weighted by Gasteiger charge is 2.36. The van der Waals surface area contributed by atoms with Gasteiger partial charge in [0, 0.05) is 0 Å². The van der Waals surface area contributed by atoms with Gasteiger partial charge in [0.25, 0.3) is 0 Å². The maximum atomic E-state index is 5.96. The molecule has 0 spiro atoms. The third kappa shape index (κ3) is 3.16. The predicted octanol–water partition coefficient (Wildman–Crippen LogP) is 3.28. The zero-order valence-corrected chi connectivity index (χ0v) is 10.5. The van der Waals surface area contributed by atoms with Crippen molar-refractivity contribution in [3.63, 3.8) is 0 Å². The van der Waals surface area contributed by atoms with Crippen LogP contribution in [0.15, 0.2) is 0 Å². The third-order valence-electron chi connectivity index (χ3n) is 3.87. The molecule has 1 rings (SSSR count). The maximum Gasteiger partial charge on any atom is -0.00204 e. The lowest BCUT2D eigenvalue weighted by Crippen LogP contribution is -2.28. The fourth-order valence-electron chi connectivity index (χ4n) is 2.78. The zero-order chi connectivity index (χ0) is 10.4. The van der Waals surface area contributed by atoms with Gasteiger partial charge in [-0.25, -0.2) is 0 Å². The van der Waals surface area contributed by atoms with E-state index in [2.05, 4.69) is 13.2 Å². The van der Waals surface area contributed by atoms with Crippen LogP contribution in [-0.2, 0) is 0 Å². The highest BCUT2D eigenvalue weighted by atomic mass is 32.2. The molecule has 2 atom stereocenters. The van der Waals surface area contributed by atoms with Gasteiger partial charge in [0.2, 0.25) is 0 Å². The van der Waals surface area contributed by atoms with Crippen LogP contribution in [-0.4, -0.2) is 18.6 Å². The molecule has 0 aromatic rings. The Hall–Kier alpha value is 0.310. The predicted molar refractivity (Wildman–Crippen MR) is 66.7 cm³/mol. The van der Waals surface area contributed by atoms with E-state index >= 15 is 0 Å². The summed E-state index contributed by atoms with van der Waals surface area (Å²) in [5, 5.41) is 0. The molecule has 2 unspecified atom stereocenters. The first kappa shape index (κ1) is 12.4. The molecule has 0 aromatic carbocycles. The first-order valence-electron chi connectivity index (χ1n) is 5.95. The van der Waals surface area contributed by atoms with Gasteiger partial charge < -0.3 is 5.73 Å². The van der Waals surface area contributed by atoms with Gasteiger partial charge in [0.1, 0.15) is 0 Å². The van der Waals surface area contributed by atoms with E-state index in [0.29, 0.717) is 5.41 Å². The van der Waals surface area contributed by atoms with E-state index in [1.54, 1.807) is 0 Å². The summed E-state index contributed by atoms with van der Waals surface area (Å²) in [4.78, 5) is 0. The molecule has 1 fully saturated rings. The first-order valence-corrected chi connectivity index (χ1v) is 7.35. The summed E-state index contributed by atoms with van der Waals surface area (Å²) >= 11 is 1.96. The third-order valence-corrected chi connectivity index (χ3v) is 4.57. The Morgan fingerprint density at radius 2 is 2.29 bits per heavy atom. The minimum absolute atomic E-state index is 0.524. The van der Waals surface area contributed by atoms with Crippen LogP contribution in [0.4, 0.5) is 0 Å². The van der Waals surface area contributed by atoms with E-state index in [-0.39, 0.29) is 0 Å². The van der Waals surface area contributed by atoms with Crippen molar-refractivity contribution in [3.8, 4) is 0 Å². The highest BCUT2D eigenvalue weighted by Crippen LogP contribution is 2.45. The summed E-state index contributed by atoms with van der Waals surface area (Å²) in [6.07, 6.45) is 10.5. The topological polar surface area (TPSA) is 26.0 Å². The van der Waals surface area contributed by atoms with Crippen LogP contribution >= 0.6 is 11.8 Å². The SMILES string of the molecule is CCC1CCC(CN)(CCCSC)C1. The van der Waals surface area contributed by atoms with E-state index in [1.165, 1.54) is 44.3 Å². The average molecular weight is 215 g/mol. The lowest BCUT2D eigenvalue weighted by molar-refractivity contribution is 0.267. The summed E-state index contributed by atoms with van der Waals surface area (Å²) in [6.45, 7) is 3.23. The van der Waals surface area contributed by atoms with Crippen LogP contribution in [0.2, 0.25) is 0 Å². The molecule has 0 radical (unpaired) electrons. The van der Waals surface area contributed by atoms with E-state index in [1.807, 2.05) is 11.8 Å². The minimum Gasteiger partial charge on any atom is -0.330 e. The maximum absolute atomic E-state index is 5.96. The molecule has 0 amide bonds. The summed E-state index contributed by atoms with van der Waals surface area (Å²) in [6, 6.07) is 0. The lowest BCUT2D eigenvalue weighted by atomic mass is 9.81. The van der Waals surface area contributed by atoms with Crippen molar-refractivity contribution < 1.29 is 0 Å². The van der Waals surface area contributed by atoms with Crippen LogP contribution in [0.5, 0.6) is 0 Å². The van der Waals surface area contributed by atoms with Gasteiger partial charge in [-0.15, -0.1) is 0 Å².